The molecule has 9 heteroatoms. The molecule has 5 N–H and O–H groups in total. The van der Waals surface area contributed by atoms with Crippen LogP contribution in [0.15, 0.2) is 23.2 Å². The average Bonchev–Trinajstić information content (AvgIpc) is 2.77. The third-order valence-corrected chi connectivity index (χ3v) is 5.43. The van der Waals surface area contributed by atoms with Crippen LogP contribution in [-0.2, 0) is 6.54 Å². The largest absolute Gasteiger partial charge is 0.496 e. The number of anilines is 4. The van der Waals surface area contributed by atoms with Crippen LogP contribution in [0.3, 0.4) is 0 Å². The molecule has 2 aromatic rings. The third-order valence-electron chi connectivity index (χ3n) is 5.43. The SMILES string of the molecule is CCCCNc1nc(N)nc(C=NCc2ccc(N3CCN(C)CC3)cc2OC)c1N. The molecule has 0 spiro atoms. The maximum atomic E-state index is 6.21. The highest BCUT2D eigenvalue weighted by atomic mass is 16.5. The molecule has 168 valence electrons. The predicted molar refractivity (Wildman–Crippen MR) is 128 cm³/mol. The van der Waals surface area contributed by atoms with Crippen molar-refractivity contribution in [2.24, 2.45) is 4.99 Å². The van der Waals surface area contributed by atoms with Crippen molar-refractivity contribution in [3.8, 4) is 5.75 Å². The Balaban J connectivity index is 1.70. The minimum Gasteiger partial charge on any atom is -0.496 e. The van der Waals surface area contributed by atoms with E-state index in [9.17, 15) is 0 Å². The number of rotatable bonds is 9. The Labute approximate surface area is 184 Å². The maximum absolute atomic E-state index is 6.21. The summed E-state index contributed by atoms with van der Waals surface area (Å²) in [5.41, 5.74) is 15.2. The number of ether oxygens (including phenoxy) is 1. The van der Waals surface area contributed by atoms with Gasteiger partial charge in [0.15, 0.2) is 5.82 Å². The first-order valence-corrected chi connectivity index (χ1v) is 10.8. The molecular weight excluding hydrogens is 392 g/mol. The lowest BCUT2D eigenvalue weighted by molar-refractivity contribution is 0.312. The summed E-state index contributed by atoms with van der Waals surface area (Å²) in [7, 11) is 3.84. The Morgan fingerprint density at radius 1 is 1.19 bits per heavy atom. The summed E-state index contributed by atoms with van der Waals surface area (Å²) in [6, 6.07) is 6.29. The van der Waals surface area contributed by atoms with Crippen LogP contribution in [0.2, 0.25) is 0 Å². The van der Waals surface area contributed by atoms with Crippen molar-refractivity contribution in [3.05, 3.63) is 29.5 Å². The van der Waals surface area contributed by atoms with Gasteiger partial charge in [0.25, 0.3) is 0 Å². The van der Waals surface area contributed by atoms with Crippen LogP contribution in [0, 0.1) is 0 Å². The first-order chi connectivity index (χ1) is 15.0. The number of nitrogen functional groups attached to an aromatic ring is 2. The van der Waals surface area contributed by atoms with Crippen LogP contribution < -0.4 is 26.4 Å². The summed E-state index contributed by atoms with van der Waals surface area (Å²) >= 11 is 0. The highest BCUT2D eigenvalue weighted by Crippen LogP contribution is 2.27. The van der Waals surface area contributed by atoms with E-state index in [0.717, 1.165) is 56.9 Å². The van der Waals surface area contributed by atoms with Gasteiger partial charge in [0, 0.05) is 56.3 Å². The van der Waals surface area contributed by atoms with Crippen LogP contribution >= 0.6 is 0 Å². The molecule has 0 atom stereocenters. The maximum Gasteiger partial charge on any atom is 0.222 e. The summed E-state index contributed by atoms with van der Waals surface area (Å²) in [6.07, 6.45) is 3.75. The average molecular weight is 427 g/mol. The van der Waals surface area contributed by atoms with E-state index in [2.05, 4.69) is 62.2 Å². The minimum atomic E-state index is 0.170. The van der Waals surface area contributed by atoms with Gasteiger partial charge in [0.05, 0.1) is 13.7 Å². The first-order valence-electron chi connectivity index (χ1n) is 10.8. The van der Waals surface area contributed by atoms with Gasteiger partial charge >= 0.3 is 0 Å². The zero-order chi connectivity index (χ0) is 22.2. The van der Waals surface area contributed by atoms with E-state index in [1.54, 1.807) is 13.3 Å². The van der Waals surface area contributed by atoms with Crippen LogP contribution in [0.5, 0.6) is 5.75 Å². The van der Waals surface area contributed by atoms with Gasteiger partial charge < -0.3 is 31.3 Å². The van der Waals surface area contributed by atoms with Crippen molar-refractivity contribution in [2.75, 3.05) is 68.6 Å². The summed E-state index contributed by atoms with van der Waals surface area (Å²) in [4.78, 5) is 17.7. The Morgan fingerprint density at radius 3 is 2.68 bits per heavy atom. The van der Waals surface area contributed by atoms with Crippen molar-refractivity contribution in [1.29, 1.82) is 0 Å². The molecule has 0 saturated carbocycles. The molecule has 0 unspecified atom stereocenters. The van der Waals surface area contributed by atoms with Gasteiger partial charge in [-0.25, -0.2) is 4.98 Å². The number of methoxy groups -OCH3 is 1. The first kappa shape index (κ1) is 22.6. The van der Waals surface area contributed by atoms with Crippen LogP contribution in [0.1, 0.15) is 31.0 Å². The van der Waals surface area contributed by atoms with Crippen molar-refractivity contribution in [3.63, 3.8) is 0 Å². The van der Waals surface area contributed by atoms with E-state index in [-0.39, 0.29) is 5.95 Å². The van der Waals surface area contributed by atoms with Gasteiger partial charge in [-0.15, -0.1) is 0 Å². The van der Waals surface area contributed by atoms with Crippen LogP contribution in [0.4, 0.5) is 23.1 Å². The minimum absolute atomic E-state index is 0.170. The molecule has 1 fully saturated rings. The van der Waals surface area contributed by atoms with Crippen molar-refractivity contribution in [2.45, 2.75) is 26.3 Å². The Hall–Kier alpha value is -3.07. The number of likely N-dealkylation sites (N-methyl/N-ethyl adjacent to an activating group) is 1. The van der Waals surface area contributed by atoms with Gasteiger partial charge in [-0.1, -0.05) is 19.4 Å². The summed E-state index contributed by atoms with van der Waals surface area (Å²) in [5, 5.41) is 3.22. The molecule has 31 heavy (non-hydrogen) atoms. The third kappa shape index (κ3) is 5.97. The molecule has 3 rings (SSSR count). The fraction of sp³-hybridized carbons (Fsp3) is 0.500. The second-order valence-corrected chi connectivity index (χ2v) is 7.77. The van der Waals surface area contributed by atoms with E-state index < -0.39 is 0 Å². The predicted octanol–water partition coefficient (Wildman–Crippen LogP) is 2.23. The molecule has 2 heterocycles. The molecule has 1 saturated heterocycles. The zero-order valence-electron chi connectivity index (χ0n) is 18.8. The molecule has 1 aliphatic heterocycles. The van der Waals surface area contributed by atoms with E-state index >= 15 is 0 Å². The second kappa shape index (κ2) is 10.8. The molecule has 0 bridgehead atoms. The van der Waals surface area contributed by atoms with E-state index in [0.29, 0.717) is 23.7 Å². The zero-order valence-corrected chi connectivity index (χ0v) is 18.8. The van der Waals surface area contributed by atoms with E-state index in [4.69, 9.17) is 16.2 Å². The lowest BCUT2D eigenvalue weighted by Gasteiger charge is -2.34. The topological polar surface area (TPSA) is 118 Å². The van der Waals surface area contributed by atoms with Gasteiger partial charge in [0.2, 0.25) is 5.95 Å². The van der Waals surface area contributed by atoms with Crippen LogP contribution in [0.25, 0.3) is 0 Å². The molecule has 1 aliphatic rings. The smallest absolute Gasteiger partial charge is 0.222 e. The van der Waals surface area contributed by atoms with Gasteiger partial charge in [-0.3, -0.25) is 4.99 Å². The van der Waals surface area contributed by atoms with Crippen molar-refractivity contribution >= 4 is 29.4 Å². The number of nitrogens with two attached hydrogens (primary N) is 2. The van der Waals surface area contributed by atoms with Crippen molar-refractivity contribution < 1.29 is 4.74 Å². The molecule has 1 aromatic carbocycles. The van der Waals surface area contributed by atoms with Gasteiger partial charge in [-0.05, 0) is 19.5 Å². The number of hydrogen-bond acceptors (Lipinski definition) is 9. The number of benzene rings is 1. The molecule has 0 amide bonds. The Kier molecular flexibility index (Phi) is 7.88. The van der Waals surface area contributed by atoms with Gasteiger partial charge in [0.1, 0.15) is 17.1 Å². The monoisotopic (exact) mass is 426 g/mol. The number of hydrogen-bond donors (Lipinski definition) is 3. The molecule has 0 aliphatic carbocycles. The van der Waals surface area contributed by atoms with Crippen molar-refractivity contribution in [1.82, 2.24) is 14.9 Å². The number of aromatic nitrogens is 2. The quantitative estimate of drug-likeness (QED) is 0.413. The molecule has 0 radical (unpaired) electrons. The number of unbranched alkanes of at least 4 members (excludes halogenated alkanes) is 1. The fourth-order valence-electron chi connectivity index (χ4n) is 3.48. The molecular formula is C22H34N8O. The number of nitrogens with one attached hydrogen (secondary N) is 1. The lowest BCUT2D eigenvalue weighted by atomic mass is 10.1. The normalized spacial score (nSPS) is 14.9. The van der Waals surface area contributed by atoms with E-state index in [1.165, 1.54) is 5.69 Å². The molecule has 1 aromatic heterocycles. The highest BCUT2D eigenvalue weighted by molar-refractivity contribution is 5.88. The van der Waals surface area contributed by atoms with E-state index in [1.807, 2.05) is 0 Å². The number of aliphatic imine (C=N–C) groups is 1. The second-order valence-electron chi connectivity index (χ2n) is 7.77. The van der Waals surface area contributed by atoms with Crippen LogP contribution in [-0.4, -0.2) is 68.0 Å². The van der Waals surface area contributed by atoms with Gasteiger partial charge in [-0.2, -0.15) is 4.98 Å². The number of piperazine rings is 1. The Bertz CT molecular complexity index is 893. The summed E-state index contributed by atoms with van der Waals surface area (Å²) < 4.78 is 5.63. The summed E-state index contributed by atoms with van der Waals surface area (Å²) in [5.74, 6) is 1.55. The summed E-state index contributed by atoms with van der Waals surface area (Å²) in [6.45, 7) is 7.52. The standard InChI is InChI=1S/C22H34N8O/c1-4-5-8-26-21-20(23)18(27-22(24)28-21)15-25-14-16-6-7-17(13-19(16)31-3)30-11-9-29(2)10-12-30/h6-7,13,15H,4-5,8-12,14,23H2,1-3H3,(H3,24,26,27,28). The Morgan fingerprint density at radius 2 is 1.97 bits per heavy atom. The number of nitrogens with zero attached hydrogens (tertiary/aromatic N) is 5. The highest BCUT2D eigenvalue weighted by Gasteiger charge is 2.16. The lowest BCUT2D eigenvalue weighted by Crippen LogP contribution is -2.44. The molecule has 9 nitrogen and oxygen atoms in total. The fourth-order valence-corrected chi connectivity index (χ4v) is 3.48.